The molecule has 12 N–H and O–H groups in total. The Morgan fingerprint density at radius 3 is 0.831 bits per heavy atom. The molecule has 0 aliphatic heterocycles. The summed E-state index contributed by atoms with van der Waals surface area (Å²) in [6, 6.07) is 4.68. The van der Waals surface area contributed by atoms with E-state index in [0.29, 0.717) is 46.2 Å². The summed E-state index contributed by atoms with van der Waals surface area (Å²) in [7, 11) is 6.68. The first-order valence-electron chi connectivity index (χ1n) is 21.3. The molecule has 0 bridgehead atoms. The van der Waals surface area contributed by atoms with Crippen LogP contribution >= 0.6 is 0 Å². The minimum Gasteiger partial charge on any atom is -0.465 e. The van der Waals surface area contributed by atoms with E-state index in [2.05, 4.69) is 31.9 Å². The molecule has 24 heteroatoms. The van der Waals surface area contributed by atoms with Crippen LogP contribution in [0.15, 0.2) is 36.4 Å². The second-order valence-electron chi connectivity index (χ2n) is 15.1. The molecule has 24 nitrogen and oxygen atoms in total. The highest BCUT2D eigenvalue weighted by atomic mass is 16.5. The normalized spacial score (nSPS) is 10.4. The van der Waals surface area contributed by atoms with Crippen molar-refractivity contribution >= 4 is 88.0 Å². The number of nitrogens with two attached hydrogens (primary N) is 3. The van der Waals surface area contributed by atoms with Crippen LogP contribution in [0.4, 0.5) is 48.5 Å². The maximum absolute atomic E-state index is 13.6. The third-order valence-electron chi connectivity index (χ3n) is 11.1. The Morgan fingerprint density at radius 1 is 0.380 bits per heavy atom. The van der Waals surface area contributed by atoms with Gasteiger partial charge in [-0.3, -0.25) is 0 Å². The Hall–Kier alpha value is -9.09. The molecule has 0 fully saturated rings. The molecule has 4 aromatic rings. The van der Waals surface area contributed by atoms with E-state index in [1.807, 2.05) is 13.8 Å². The quantitative estimate of drug-likeness (QED) is 0.0398. The fourth-order valence-electron chi connectivity index (χ4n) is 7.58. The number of anilines is 6. The van der Waals surface area contributed by atoms with Gasteiger partial charge in [0.1, 0.15) is 0 Å². The maximum atomic E-state index is 13.6. The lowest BCUT2D eigenvalue weighted by atomic mass is 9.84. The Bertz CT molecular complexity index is 2680. The van der Waals surface area contributed by atoms with Crippen molar-refractivity contribution in [2.45, 2.75) is 53.2 Å². The van der Waals surface area contributed by atoms with Crippen LogP contribution in [0.25, 0.3) is 0 Å². The lowest BCUT2D eigenvalue weighted by Crippen LogP contribution is -2.33. The monoisotopic (exact) mass is 985 g/mol. The molecule has 6 amide bonds. The number of ether oxygens (including phenoxy) is 6. The number of rotatable bonds is 17. The van der Waals surface area contributed by atoms with Crippen molar-refractivity contribution in [3.05, 3.63) is 103 Å². The lowest BCUT2D eigenvalue weighted by molar-refractivity contribution is 0.0555. The van der Waals surface area contributed by atoms with Gasteiger partial charge in [-0.25, -0.2) is 43.2 Å². The summed E-state index contributed by atoms with van der Waals surface area (Å²) in [6.45, 7) is 5.11. The Labute approximate surface area is 406 Å². The SMILES string of the molecule is CCc1c(CNC(=O)Nc2cc(C(=O)OC)c(C(=O)OC)cc2N)c(C)c(CNC(=O)Nc2cc(C(=O)OC)c(C(=O)OC)cc2N)c(CC)c1CNC(=O)Nc1cc(C(=O)OC)c(C(=O)OC)cc1N. The summed E-state index contributed by atoms with van der Waals surface area (Å²) >= 11 is 0. The molecule has 0 unspecified atom stereocenters. The zero-order valence-electron chi connectivity index (χ0n) is 40.4. The Kier molecular flexibility index (Phi) is 18.6. The van der Waals surface area contributed by atoms with Crippen LogP contribution in [0.3, 0.4) is 0 Å². The molecular formula is C47H55N9O15. The van der Waals surface area contributed by atoms with Crippen LogP contribution in [-0.4, -0.2) is 96.6 Å². The summed E-state index contributed by atoms with van der Waals surface area (Å²) in [5.41, 5.74) is 20.9. The first-order chi connectivity index (χ1) is 33.7. The predicted molar refractivity (Wildman–Crippen MR) is 258 cm³/mol. The fourth-order valence-corrected chi connectivity index (χ4v) is 7.58. The topological polar surface area (TPSA) is 359 Å². The van der Waals surface area contributed by atoms with Gasteiger partial charge in [0.05, 0.1) is 110 Å². The number of nitrogen functional groups attached to an aromatic ring is 3. The zero-order chi connectivity index (χ0) is 52.9. The van der Waals surface area contributed by atoms with Gasteiger partial charge in [-0.15, -0.1) is 0 Å². The van der Waals surface area contributed by atoms with E-state index in [9.17, 15) is 43.2 Å². The van der Waals surface area contributed by atoms with E-state index < -0.39 is 53.9 Å². The minimum absolute atomic E-state index is 0.0312. The number of carbonyl (C=O) groups is 9. The van der Waals surface area contributed by atoms with Gasteiger partial charge >= 0.3 is 53.9 Å². The molecule has 378 valence electrons. The number of urea groups is 3. The van der Waals surface area contributed by atoms with Crippen molar-refractivity contribution < 1.29 is 71.6 Å². The standard InChI is InChI=1S/C47H55N9O15/c1-10-22-30(18-51-45(63)54-36-15-27(42(60)69-7)24(12-33(36)48)39(57)66-4)21(3)31(19-52-46(64)55-37-16-28(43(61)70-8)25(13-34(37)49)40(58)67-5)23(11-2)32(22)20-53-47(65)56-38-17-29(44(62)71-9)26(14-35(38)50)41(59)68-6/h12-17H,10-11,18-20,48-50H2,1-9H3,(H2,51,54,63)(H2,52,55,64)(H2,53,56,65). The average molecular weight is 986 g/mol. The highest BCUT2D eigenvalue weighted by molar-refractivity contribution is 6.09. The molecular weight excluding hydrogens is 931 g/mol. The summed E-state index contributed by atoms with van der Waals surface area (Å²) in [4.78, 5) is 116. The van der Waals surface area contributed by atoms with Crippen molar-refractivity contribution in [1.82, 2.24) is 16.0 Å². The molecule has 0 spiro atoms. The van der Waals surface area contributed by atoms with Crippen molar-refractivity contribution in [3.63, 3.8) is 0 Å². The van der Waals surface area contributed by atoms with Gasteiger partial charge < -0.3 is 77.5 Å². The third kappa shape index (κ3) is 12.5. The van der Waals surface area contributed by atoms with Crippen molar-refractivity contribution in [3.8, 4) is 0 Å². The van der Waals surface area contributed by atoms with E-state index >= 15 is 0 Å². The number of nitrogens with one attached hydrogen (secondary N) is 6. The maximum Gasteiger partial charge on any atom is 0.338 e. The first kappa shape index (κ1) is 54.5. The van der Waals surface area contributed by atoms with Crippen LogP contribution in [0.2, 0.25) is 0 Å². The molecule has 4 rings (SSSR count). The molecule has 0 saturated heterocycles. The summed E-state index contributed by atoms with van der Waals surface area (Å²) < 4.78 is 28.7. The minimum atomic E-state index is -0.894. The van der Waals surface area contributed by atoms with Gasteiger partial charge in [-0.2, -0.15) is 0 Å². The fraction of sp³-hybridized carbons (Fsp3) is 0.298. The number of hydrogen-bond acceptors (Lipinski definition) is 18. The highest BCUT2D eigenvalue weighted by Crippen LogP contribution is 2.32. The van der Waals surface area contributed by atoms with E-state index in [0.717, 1.165) is 60.9 Å². The predicted octanol–water partition coefficient (Wildman–Crippen LogP) is 4.55. The molecule has 71 heavy (non-hydrogen) atoms. The highest BCUT2D eigenvalue weighted by Gasteiger charge is 2.27. The molecule has 0 saturated carbocycles. The van der Waals surface area contributed by atoms with Gasteiger partial charge in [-0.05, 0) is 89.5 Å². The molecule has 0 atom stereocenters. The number of hydrogen-bond donors (Lipinski definition) is 9. The van der Waals surface area contributed by atoms with E-state index in [1.54, 1.807) is 6.92 Å². The van der Waals surface area contributed by atoms with Gasteiger partial charge in [-0.1, -0.05) is 13.8 Å². The van der Waals surface area contributed by atoms with Gasteiger partial charge in [0.15, 0.2) is 0 Å². The number of amides is 6. The molecule has 0 aromatic heterocycles. The van der Waals surface area contributed by atoms with Crippen LogP contribution in [0.1, 0.15) is 109 Å². The lowest BCUT2D eigenvalue weighted by Gasteiger charge is -2.26. The van der Waals surface area contributed by atoms with Gasteiger partial charge in [0.25, 0.3) is 0 Å². The Morgan fingerprint density at radius 2 is 0.606 bits per heavy atom. The van der Waals surface area contributed by atoms with Crippen LogP contribution in [-0.2, 0) is 60.9 Å². The van der Waals surface area contributed by atoms with Crippen molar-refractivity contribution in [2.75, 3.05) is 75.8 Å². The summed E-state index contributed by atoms with van der Waals surface area (Å²) in [6.07, 6.45) is 0.745. The molecule has 4 aromatic carbocycles. The smallest absolute Gasteiger partial charge is 0.338 e. The van der Waals surface area contributed by atoms with Crippen LogP contribution < -0.4 is 49.1 Å². The van der Waals surface area contributed by atoms with Crippen LogP contribution in [0.5, 0.6) is 0 Å². The third-order valence-corrected chi connectivity index (χ3v) is 11.1. The molecule has 0 aliphatic carbocycles. The van der Waals surface area contributed by atoms with Gasteiger partial charge in [0.2, 0.25) is 0 Å². The second-order valence-corrected chi connectivity index (χ2v) is 15.1. The van der Waals surface area contributed by atoms with Crippen molar-refractivity contribution in [1.29, 1.82) is 0 Å². The van der Waals surface area contributed by atoms with Crippen molar-refractivity contribution in [2.24, 2.45) is 0 Å². The largest absolute Gasteiger partial charge is 0.465 e. The van der Waals surface area contributed by atoms with E-state index in [-0.39, 0.29) is 87.1 Å². The average Bonchev–Trinajstić information content (AvgIpc) is 3.36. The molecule has 0 heterocycles. The number of carbonyl (C=O) groups excluding carboxylic acids is 9. The second kappa shape index (κ2) is 24.3. The molecule has 0 radical (unpaired) electrons. The number of benzene rings is 4. The first-order valence-corrected chi connectivity index (χ1v) is 21.3. The van der Waals surface area contributed by atoms with E-state index in [1.165, 1.54) is 18.2 Å². The van der Waals surface area contributed by atoms with E-state index in [4.69, 9.17) is 45.6 Å². The van der Waals surface area contributed by atoms with Crippen LogP contribution in [0, 0.1) is 6.92 Å². The summed E-state index contributed by atoms with van der Waals surface area (Å²) in [5.74, 6) is -5.28. The Balaban J connectivity index is 1.75. The molecule has 0 aliphatic rings. The number of esters is 6. The zero-order valence-corrected chi connectivity index (χ0v) is 40.4. The van der Waals surface area contributed by atoms with Gasteiger partial charge in [0, 0.05) is 19.6 Å². The summed E-state index contributed by atoms with van der Waals surface area (Å²) in [5, 5.41) is 16.2. The number of methoxy groups -OCH3 is 6.